The number of carbonyl (C=O) groups excluding carboxylic acids is 1. The highest BCUT2D eigenvalue weighted by Gasteiger charge is 2.21. The lowest BCUT2D eigenvalue weighted by Gasteiger charge is -2.23. The highest BCUT2D eigenvalue weighted by molar-refractivity contribution is 7.89. The van der Waals surface area contributed by atoms with Crippen molar-refractivity contribution in [1.82, 2.24) is 9.03 Å². The van der Waals surface area contributed by atoms with Crippen LogP contribution < -0.4 is 10.0 Å². The average molecular weight is 377 g/mol. The SMILES string of the molecule is CC(=O)Nc1ccc(S(=O)(=O)NCCN(C(C)C)S(C)(=O)=O)cc1. The fourth-order valence-corrected chi connectivity index (χ4v) is 4.31. The summed E-state index contributed by atoms with van der Waals surface area (Å²) in [6.45, 7) is 4.79. The zero-order valence-electron chi connectivity index (χ0n) is 14.1. The average Bonchev–Trinajstić information content (AvgIpc) is 2.41. The van der Waals surface area contributed by atoms with Crippen LogP contribution in [-0.2, 0) is 24.8 Å². The van der Waals surface area contributed by atoms with E-state index in [-0.39, 0.29) is 29.9 Å². The molecule has 1 rings (SSSR count). The second-order valence-electron chi connectivity index (χ2n) is 5.57. The molecule has 0 saturated heterocycles. The lowest BCUT2D eigenvalue weighted by molar-refractivity contribution is -0.114. The van der Waals surface area contributed by atoms with Crippen molar-refractivity contribution in [2.24, 2.45) is 0 Å². The minimum absolute atomic E-state index is 0.0343. The van der Waals surface area contributed by atoms with Crippen LogP contribution in [0.4, 0.5) is 5.69 Å². The Labute approximate surface area is 143 Å². The Bertz CT molecular complexity index is 771. The zero-order chi connectivity index (χ0) is 18.5. The lowest BCUT2D eigenvalue weighted by Crippen LogP contribution is -2.41. The van der Waals surface area contributed by atoms with Gasteiger partial charge in [0.1, 0.15) is 0 Å². The predicted molar refractivity (Wildman–Crippen MR) is 92.6 cm³/mol. The molecule has 0 aromatic heterocycles. The number of rotatable bonds is 8. The molecule has 0 atom stereocenters. The number of sulfonamides is 2. The molecule has 0 bridgehead atoms. The van der Waals surface area contributed by atoms with Crippen LogP contribution in [0.25, 0.3) is 0 Å². The van der Waals surface area contributed by atoms with Crippen molar-refractivity contribution < 1.29 is 21.6 Å². The maximum absolute atomic E-state index is 12.2. The Morgan fingerprint density at radius 2 is 1.67 bits per heavy atom. The summed E-state index contributed by atoms with van der Waals surface area (Å²) in [5, 5.41) is 2.54. The van der Waals surface area contributed by atoms with Gasteiger partial charge in [-0.15, -0.1) is 0 Å². The molecule has 1 amide bonds. The predicted octanol–water partition coefficient (Wildman–Crippen LogP) is 0.593. The molecule has 8 nitrogen and oxygen atoms in total. The number of carbonyl (C=O) groups is 1. The smallest absolute Gasteiger partial charge is 0.240 e. The van der Waals surface area contributed by atoms with E-state index in [2.05, 4.69) is 10.0 Å². The first-order chi connectivity index (χ1) is 10.9. The molecule has 1 aromatic carbocycles. The summed E-state index contributed by atoms with van der Waals surface area (Å²) in [5.74, 6) is -0.252. The van der Waals surface area contributed by atoms with Crippen LogP contribution in [-0.4, -0.2) is 52.4 Å². The van der Waals surface area contributed by atoms with Crippen LogP contribution in [0.5, 0.6) is 0 Å². The summed E-state index contributed by atoms with van der Waals surface area (Å²) in [7, 11) is -7.16. The Morgan fingerprint density at radius 3 is 2.08 bits per heavy atom. The molecule has 0 spiro atoms. The first kappa shape index (κ1) is 20.6. The molecule has 0 aliphatic heterocycles. The lowest BCUT2D eigenvalue weighted by atomic mass is 10.3. The van der Waals surface area contributed by atoms with Crippen LogP contribution in [0, 0.1) is 0 Å². The number of anilines is 1. The number of amides is 1. The summed E-state index contributed by atoms with van der Waals surface area (Å²) in [6, 6.07) is 5.43. The van der Waals surface area contributed by atoms with Crippen molar-refractivity contribution >= 4 is 31.6 Å². The van der Waals surface area contributed by atoms with Gasteiger partial charge in [0.15, 0.2) is 0 Å². The van der Waals surface area contributed by atoms with Gasteiger partial charge in [-0.3, -0.25) is 4.79 Å². The highest BCUT2D eigenvalue weighted by Crippen LogP contribution is 2.14. The summed E-state index contributed by atoms with van der Waals surface area (Å²) < 4.78 is 51.3. The molecule has 24 heavy (non-hydrogen) atoms. The van der Waals surface area contributed by atoms with E-state index in [1.165, 1.54) is 35.5 Å². The second-order valence-corrected chi connectivity index (χ2v) is 9.27. The Kier molecular flexibility index (Phi) is 6.90. The molecular formula is C14H23N3O5S2. The zero-order valence-corrected chi connectivity index (χ0v) is 15.7. The molecule has 0 heterocycles. The van der Waals surface area contributed by atoms with Crippen molar-refractivity contribution in [3.05, 3.63) is 24.3 Å². The maximum atomic E-state index is 12.2. The fraction of sp³-hybridized carbons (Fsp3) is 0.500. The van der Waals surface area contributed by atoms with E-state index < -0.39 is 20.0 Å². The quantitative estimate of drug-likeness (QED) is 0.689. The third-order valence-electron chi connectivity index (χ3n) is 3.11. The highest BCUT2D eigenvalue weighted by atomic mass is 32.2. The van der Waals surface area contributed by atoms with Crippen LogP contribution >= 0.6 is 0 Å². The van der Waals surface area contributed by atoms with E-state index >= 15 is 0 Å². The Balaban J connectivity index is 2.74. The summed E-state index contributed by atoms with van der Waals surface area (Å²) in [5.41, 5.74) is 0.490. The molecule has 0 radical (unpaired) electrons. The van der Waals surface area contributed by atoms with Gasteiger partial charge in [0.2, 0.25) is 26.0 Å². The number of nitrogens with zero attached hydrogens (tertiary/aromatic N) is 1. The van der Waals surface area contributed by atoms with E-state index in [0.717, 1.165) is 6.26 Å². The summed E-state index contributed by atoms with van der Waals surface area (Å²) >= 11 is 0. The number of nitrogens with one attached hydrogen (secondary N) is 2. The minimum Gasteiger partial charge on any atom is -0.326 e. The van der Waals surface area contributed by atoms with Gasteiger partial charge in [0.05, 0.1) is 11.2 Å². The van der Waals surface area contributed by atoms with Gasteiger partial charge in [-0.25, -0.2) is 21.6 Å². The Morgan fingerprint density at radius 1 is 1.12 bits per heavy atom. The largest absolute Gasteiger partial charge is 0.326 e. The van der Waals surface area contributed by atoms with Crippen molar-refractivity contribution in [3.8, 4) is 0 Å². The van der Waals surface area contributed by atoms with E-state index in [4.69, 9.17) is 0 Å². The van der Waals surface area contributed by atoms with Crippen LogP contribution in [0.3, 0.4) is 0 Å². The van der Waals surface area contributed by atoms with Crippen molar-refractivity contribution in [1.29, 1.82) is 0 Å². The van der Waals surface area contributed by atoms with Gasteiger partial charge < -0.3 is 5.32 Å². The van der Waals surface area contributed by atoms with Gasteiger partial charge in [0.25, 0.3) is 0 Å². The van der Waals surface area contributed by atoms with E-state index in [0.29, 0.717) is 5.69 Å². The first-order valence-corrected chi connectivity index (χ1v) is 10.6. The summed E-state index contributed by atoms with van der Waals surface area (Å²) in [4.78, 5) is 11.0. The molecule has 0 unspecified atom stereocenters. The van der Waals surface area contributed by atoms with Crippen LogP contribution in [0.15, 0.2) is 29.2 Å². The van der Waals surface area contributed by atoms with Crippen LogP contribution in [0.1, 0.15) is 20.8 Å². The molecule has 0 saturated carbocycles. The molecule has 136 valence electrons. The standard InChI is InChI=1S/C14H23N3O5S2/c1-11(2)17(23(4,19)20)10-9-15-24(21,22)14-7-5-13(6-8-14)16-12(3)18/h5-8,11,15H,9-10H2,1-4H3,(H,16,18). The third kappa shape index (κ3) is 6.19. The van der Waals surface area contributed by atoms with Gasteiger partial charge >= 0.3 is 0 Å². The molecule has 0 aliphatic carbocycles. The molecule has 1 aromatic rings. The van der Waals surface area contributed by atoms with Gasteiger partial charge in [-0.2, -0.15) is 4.31 Å². The molecule has 10 heteroatoms. The number of benzene rings is 1. The Hall–Kier alpha value is -1.49. The molecule has 0 aliphatic rings. The monoisotopic (exact) mass is 377 g/mol. The van der Waals surface area contributed by atoms with Gasteiger partial charge in [0, 0.05) is 31.7 Å². The fourth-order valence-electron chi connectivity index (χ4n) is 2.10. The maximum Gasteiger partial charge on any atom is 0.240 e. The normalized spacial score (nSPS) is 12.6. The van der Waals surface area contributed by atoms with Crippen LogP contribution in [0.2, 0.25) is 0 Å². The van der Waals surface area contributed by atoms with Crippen molar-refractivity contribution in [2.45, 2.75) is 31.7 Å². The summed E-state index contributed by atoms with van der Waals surface area (Å²) in [6.07, 6.45) is 1.09. The van der Waals surface area contributed by atoms with Gasteiger partial charge in [-0.05, 0) is 38.1 Å². The molecule has 2 N–H and O–H groups in total. The van der Waals surface area contributed by atoms with E-state index in [1.807, 2.05) is 0 Å². The van der Waals surface area contributed by atoms with Gasteiger partial charge in [-0.1, -0.05) is 0 Å². The minimum atomic E-state index is -3.76. The first-order valence-electron chi connectivity index (χ1n) is 7.27. The third-order valence-corrected chi connectivity index (χ3v) is 6.04. The molecule has 0 fully saturated rings. The van der Waals surface area contributed by atoms with Crippen molar-refractivity contribution in [2.75, 3.05) is 24.7 Å². The van der Waals surface area contributed by atoms with E-state index in [1.54, 1.807) is 13.8 Å². The second kappa shape index (κ2) is 8.06. The number of hydrogen-bond donors (Lipinski definition) is 2. The van der Waals surface area contributed by atoms with E-state index in [9.17, 15) is 21.6 Å². The van der Waals surface area contributed by atoms with Crippen molar-refractivity contribution in [3.63, 3.8) is 0 Å². The topological polar surface area (TPSA) is 113 Å². The number of hydrogen-bond acceptors (Lipinski definition) is 5. The molecular weight excluding hydrogens is 354 g/mol.